The fraction of sp³-hybridized carbons (Fsp3) is 0.133. The number of nitrogen functional groups attached to an aromatic ring is 1. The first-order chi connectivity index (χ1) is 9.54. The summed E-state index contributed by atoms with van der Waals surface area (Å²) in [6.45, 7) is 1.78. The van der Waals surface area contributed by atoms with Crippen molar-refractivity contribution in [2.75, 3.05) is 5.73 Å². The highest BCUT2D eigenvalue weighted by Crippen LogP contribution is 2.22. The quantitative estimate of drug-likeness (QED) is 0.883. The lowest BCUT2D eigenvalue weighted by Crippen LogP contribution is -2.03. The van der Waals surface area contributed by atoms with E-state index in [1.54, 1.807) is 37.3 Å². The summed E-state index contributed by atoms with van der Waals surface area (Å²) in [6, 6.07) is 11.5. The van der Waals surface area contributed by atoms with Crippen molar-refractivity contribution in [2.24, 2.45) is 0 Å². The van der Waals surface area contributed by atoms with Crippen molar-refractivity contribution < 1.29 is 8.60 Å². The van der Waals surface area contributed by atoms with E-state index in [4.69, 9.17) is 11.0 Å². The third-order valence-electron chi connectivity index (χ3n) is 3.06. The number of hydrogen-bond acceptors (Lipinski definition) is 3. The molecule has 1 atom stereocenters. The molecule has 0 bridgehead atoms. The van der Waals surface area contributed by atoms with E-state index in [0.717, 1.165) is 5.56 Å². The van der Waals surface area contributed by atoms with E-state index >= 15 is 0 Å². The summed E-state index contributed by atoms with van der Waals surface area (Å²) >= 11 is 0. The smallest absolute Gasteiger partial charge is 0.145 e. The van der Waals surface area contributed by atoms with Crippen LogP contribution in [0.1, 0.15) is 16.7 Å². The van der Waals surface area contributed by atoms with Crippen LogP contribution in [0.4, 0.5) is 10.1 Å². The molecule has 0 aliphatic heterocycles. The van der Waals surface area contributed by atoms with Crippen LogP contribution in [-0.2, 0) is 16.6 Å². The lowest BCUT2D eigenvalue weighted by atomic mass is 10.1. The Kier molecular flexibility index (Phi) is 4.16. The summed E-state index contributed by atoms with van der Waals surface area (Å²) in [6.07, 6.45) is 0. The predicted octanol–water partition coefficient (Wildman–Crippen LogP) is 2.90. The lowest BCUT2D eigenvalue weighted by Gasteiger charge is -2.09. The highest BCUT2D eigenvalue weighted by Gasteiger charge is 2.14. The molecular weight excluding hydrogens is 275 g/mol. The minimum Gasteiger partial charge on any atom is -0.398 e. The van der Waals surface area contributed by atoms with E-state index in [1.807, 2.05) is 0 Å². The van der Waals surface area contributed by atoms with Gasteiger partial charge in [0.05, 0.1) is 22.1 Å². The number of nitriles is 1. The number of benzene rings is 2. The zero-order valence-corrected chi connectivity index (χ0v) is 11.7. The van der Waals surface area contributed by atoms with Crippen LogP contribution in [0.2, 0.25) is 0 Å². The van der Waals surface area contributed by atoms with E-state index in [0.29, 0.717) is 10.6 Å². The third-order valence-corrected chi connectivity index (χ3v) is 4.56. The molecule has 2 aromatic carbocycles. The third kappa shape index (κ3) is 2.70. The van der Waals surface area contributed by atoms with Gasteiger partial charge in [-0.25, -0.2) is 4.39 Å². The van der Waals surface area contributed by atoms with Gasteiger partial charge >= 0.3 is 0 Å². The van der Waals surface area contributed by atoms with Crippen molar-refractivity contribution in [1.82, 2.24) is 0 Å². The van der Waals surface area contributed by atoms with Gasteiger partial charge in [0.2, 0.25) is 0 Å². The standard InChI is InChI=1S/C15H13FN2OS/c1-10-13(18)6-3-7-14(10)20(19)9-12-5-2-4-11(8-17)15(12)16/h2-7H,9,18H2,1H3. The van der Waals surface area contributed by atoms with Crippen molar-refractivity contribution in [3.05, 3.63) is 58.9 Å². The van der Waals surface area contributed by atoms with Crippen LogP contribution in [0.25, 0.3) is 0 Å². The summed E-state index contributed by atoms with van der Waals surface area (Å²) in [5.74, 6) is -0.587. The van der Waals surface area contributed by atoms with Crippen LogP contribution in [0.15, 0.2) is 41.3 Å². The molecular formula is C15H13FN2OS. The molecule has 0 fully saturated rings. The molecule has 0 radical (unpaired) electrons. The van der Waals surface area contributed by atoms with Gasteiger partial charge in [-0.2, -0.15) is 5.26 Å². The zero-order chi connectivity index (χ0) is 14.7. The van der Waals surface area contributed by atoms with Crippen LogP contribution in [0.5, 0.6) is 0 Å². The Hall–Kier alpha value is -2.19. The number of rotatable bonds is 3. The monoisotopic (exact) mass is 288 g/mol. The molecule has 2 rings (SSSR count). The summed E-state index contributed by atoms with van der Waals surface area (Å²) in [5, 5.41) is 8.79. The Bertz CT molecular complexity index is 722. The van der Waals surface area contributed by atoms with Gasteiger partial charge in [0.25, 0.3) is 0 Å². The second kappa shape index (κ2) is 5.85. The van der Waals surface area contributed by atoms with Crippen LogP contribution < -0.4 is 5.73 Å². The molecule has 0 aliphatic carbocycles. The van der Waals surface area contributed by atoms with E-state index < -0.39 is 16.6 Å². The Balaban J connectivity index is 2.34. The maximum atomic E-state index is 13.9. The van der Waals surface area contributed by atoms with Gasteiger partial charge < -0.3 is 5.73 Å². The Morgan fingerprint density at radius 3 is 2.70 bits per heavy atom. The van der Waals surface area contributed by atoms with Crippen molar-refractivity contribution in [3.63, 3.8) is 0 Å². The van der Waals surface area contributed by atoms with Gasteiger partial charge in [-0.3, -0.25) is 4.21 Å². The van der Waals surface area contributed by atoms with Gasteiger partial charge in [-0.05, 0) is 30.7 Å². The summed E-state index contributed by atoms with van der Waals surface area (Å²) < 4.78 is 26.3. The summed E-state index contributed by atoms with van der Waals surface area (Å²) in [7, 11) is -1.41. The Morgan fingerprint density at radius 2 is 2.00 bits per heavy atom. The molecule has 3 nitrogen and oxygen atoms in total. The van der Waals surface area contributed by atoms with Crippen molar-refractivity contribution in [1.29, 1.82) is 5.26 Å². The molecule has 20 heavy (non-hydrogen) atoms. The Labute approximate surface area is 119 Å². The van der Waals surface area contributed by atoms with Gasteiger partial charge in [0, 0.05) is 16.1 Å². The predicted molar refractivity (Wildman–Crippen MR) is 76.8 cm³/mol. The minimum absolute atomic E-state index is 0.0195. The van der Waals surface area contributed by atoms with Gasteiger partial charge in [0.1, 0.15) is 11.9 Å². The molecule has 0 spiro atoms. The van der Waals surface area contributed by atoms with E-state index in [-0.39, 0.29) is 16.9 Å². The SMILES string of the molecule is Cc1c(N)cccc1S(=O)Cc1cccc(C#N)c1F. The molecule has 5 heteroatoms. The highest BCUT2D eigenvalue weighted by molar-refractivity contribution is 7.84. The van der Waals surface area contributed by atoms with Gasteiger partial charge in [0.15, 0.2) is 0 Å². The highest BCUT2D eigenvalue weighted by atomic mass is 32.2. The maximum Gasteiger partial charge on any atom is 0.145 e. The summed E-state index contributed by atoms with van der Waals surface area (Å²) in [4.78, 5) is 0.590. The average Bonchev–Trinajstić information content (AvgIpc) is 2.44. The van der Waals surface area contributed by atoms with E-state index in [1.165, 1.54) is 12.1 Å². The molecule has 0 aliphatic rings. The van der Waals surface area contributed by atoms with E-state index in [9.17, 15) is 8.60 Å². The molecule has 0 heterocycles. The minimum atomic E-state index is -1.41. The number of anilines is 1. The van der Waals surface area contributed by atoms with Crippen molar-refractivity contribution >= 4 is 16.5 Å². The van der Waals surface area contributed by atoms with Crippen LogP contribution in [0.3, 0.4) is 0 Å². The number of halogens is 1. The average molecular weight is 288 g/mol. The first-order valence-electron chi connectivity index (χ1n) is 5.95. The first kappa shape index (κ1) is 14.2. The topological polar surface area (TPSA) is 66.9 Å². The van der Waals surface area contributed by atoms with Crippen molar-refractivity contribution in [3.8, 4) is 6.07 Å². The molecule has 0 saturated carbocycles. The lowest BCUT2D eigenvalue weighted by molar-refractivity contribution is 0.611. The second-order valence-electron chi connectivity index (χ2n) is 4.35. The van der Waals surface area contributed by atoms with Crippen LogP contribution in [-0.4, -0.2) is 4.21 Å². The number of nitrogens with two attached hydrogens (primary N) is 1. The molecule has 2 aromatic rings. The van der Waals surface area contributed by atoms with Crippen LogP contribution >= 0.6 is 0 Å². The van der Waals surface area contributed by atoms with Crippen molar-refractivity contribution in [2.45, 2.75) is 17.6 Å². The normalized spacial score (nSPS) is 11.8. The fourth-order valence-corrected chi connectivity index (χ4v) is 3.23. The zero-order valence-electron chi connectivity index (χ0n) is 10.9. The molecule has 0 amide bonds. The molecule has 2 N–H and O–H groups in total. The maximum absolute atomic E-state index is 13.9. The number of nitrogens with zero attached hydrogens (tertiary/aromatic N) is 1. The Morgan fingerprint density at radius 1 is 1.30 bits per heavy atom. The fourth-order valence-electron chi connectivity index (χ4n) is 1.87. The summed E-state index contributed by atoms with van der Waals surface area (Å²) in [5.41, 5.74) is 7.30. The van der Waals surface area contributed by atoms with Gasteiger partial charge in [-0.15, -0.1) is 0 Å². The molecule has 0 saturated heterocycles. The van der Waals surface area contributed by atoms with Crippen LogP contribution in [0, 0.1) is 24.1 Å². The van der Waals surface area contributed by atoms with Gasteiger partial charge in [-0.1, -0.05) is 18.2 Å². The molecule has 0 aromatic heterocycles. The number of hydrogen-bond donors (Lipinski definition) is 1. The molecule has 1 unspecified atom stereocenters. The largest absolute Gasteiger partial charge is 0.398 e. The first-order valence-corrected chi connectivity index (χ1v) is 7.27. The second-order valence-corrected chi connectivity index (χ2v) is 5.77. The van der Waals surface area contributed by atoms with E-state index in [2.05, 4.69) is 0 Å². The molecule has 102 valence electrons.